The number of carbonyl (C=O) groups excluding carboxylic acids is 1. The van der Waals surface area contributed by atoms with Crippen LogP contribution in [-0.4, -0.2) is 24.0 Å². The molecule has 0 fully saturated rings. The van der Waals surface area contributed by atoms with E-state index in [0.717, 1.165) is 17.1 Å². The summed E-state index contributed by atoms with van der Waals surface area (Å²) in [6.07, 6.45) is 0.813. The van der Waals surface area contributed by atoms with Gasteiger partial charge in [-0.2, -0.15) is 0 Å². The lowest BCUT2D eigenvalue weighted by atomic mass is 10.2. The van der Waals surface area contributed by atoms with Gasteiger partial charge in [-0.25, -0.2) is 4.98 Å². The molecule has 5 heteroatoms. The van der Waals surface area contributed by atoms with Crippen LogP contribution in [0.5, 0.6) is 5.75 Å². The Hall–Kier alpha value is -1.88. The minimum atomic E-state index is -0.102. The number of nitrogens with one attached hydrogen (secondary N) is 1. The lowest BCUT2D eigenvalue weighted by Crippen LogP contribution is -2.30. The van der Waals surface area contributed by atoms with Gasteiger partial charge in [-0.1, -0.05) is 17.7 Å². The molecular weight excluding hydrogens is 284 g/mol. The topological polar surface area (TPSA) is 51.2 Å². The van der Waals surface area contributed by atoms with Crippen molar-refractivity contribution in [2.45, 2.75) is 27.2 Å². The van der Waals surface area contributed by atoms with Crippen molar-refractivity contribution in [2.24, 2.45) is 0 Å². The van der Waals surface area contributed by atoms with Crippen LogP contribution in [0.15, 0.2) is 24.3 Å². The van der Waals surface area contributed by atoms with E-state index in [-0.39, 0.29) is 12.5 Å². The summed E-state index contributed by atoms with van der Waals surface area (Å²) in [6.45, 7) is 6.66. The number of amides is 1. The van der Waals surface area contributed by atoms with E-state index in [2.05, 4.69) is 10.3 Å². The number of hydrogen-bond acceptors (Lipinski definition) is 4. The van der Waals surface area contributed by atoms with Crippen LogP contribution < -0.4 is 10.1 Å². The molecular formula is C16H20N2O2S. The Bertz CT molecular complexity index is 605. The van der Waals surface area contributed by atoms with Gasteiger partial charge in [-0.05, 0) is 32.9 Å². The Morgan fingerprint density at radius 1 is 1.24 bits per heavy atom. The third-order valence-corrected chi connectivity index (χ3v) is 4.20. The number of hydrogen-bond donors (Lipinski definition) is 1. The molecule has 1 amide bonds. The molecule has 0 aliphatic heterocycles. The first-order chi connectivity index (χ1) is 10.0. The fourth-order valence-electron chi connectivity index (χ4n) is 1.96. The summed E-state index contributed by atoms with van der Waals surface area (Å²) in [7, 11) is 0. The molecule has 0 aliphatic carbocycles. The van der Waals surface area contributed by atoms with Crippen LogP contribution in [0.4, 0.5) is 0 Å². The van der Waals surface area contributed by atoms with Crippen molar-refractivity contribution in [3.63, 3.8) is 0 Å². The third-order valence-electron chi connectivity index (χ3n) is 3.06. The Labute approximate surface area is 129 Å². The van der Waals surface area contributed by atoms with Gasteiger partial charge in [0.05, 0.1) is 10.7 Å². The van der Waals surface area contributed by atoms with Crippen LogP contribution in [0.25, 0.3) is 0 Å². The maximum absolute atomic E-state index is 11.7. The zero-order valence-electron chi connectivity index (χ0n) is 12.6. The second kappa shape index (κ2) is 7.22. The van der Waals surface area contributed by atoms with Crippen molar-refractivity contribution in [3.8, 4) is 5.75 Å². The zero-order valence-corrected chi connectivity index (χ0v) is 13.4. The van der Waals surface area contributed by atoms with E-state index in [1.165, 1.54) is 10.4 Å². The Morgan fingerprint density at radius 2 is 1.95 bits per heavy atom. The Balaban J connectivity index is 1.70. The molecule has 2 rings (SSSR count). The van der Waals surface area contributed by atoms with Crippen LogP contribution >= 0.6 is 11.3 Å². The highest BCUT2D eigenvalue weighted by atomic mass is 32.1. The summed E-state index contributed by atoms with van der Waals surface area (Å²) in [6, 6.07) is 7.66. The molecule has 2 aromatic rings. The van der Waals surface area contributed by atoms with Gasteiger partial charge in [0, 0.05) is 17.8 Å². The number of aryl methyl sites for hydroxylation is 3. The van der Waals surface area contributed by atoms with Crippen molar-refractivity contribution < 1.29 is 9.53 Å². The van der Waals surface area contributed by atoms with Crippen LogP contribution in [0.2, 0.25) is 0 Å². The molecule has 1 heterocycles. The molecule has 1 aromatic carbocycles. The molecule has 0 atom stereocenters. The van der Waals surface area contributed by atoms with Crippen molar-refractivity contribution in [3.05, 3.63) is 45.4 Å². The molecule has 0 unspecified atom stereocenters. The van der Waals surface area contributed by atoms with Crippen molar-refractivity contribution in [1.29, 1.82) is 0 Å². The predicted octanol–water partition coefficient (Wildman–Crippen LogP) is 2.81. The van der Waals surface area contributed by atoms with Crippen LogP contribution in [0, 0.1) is 20.8 Å². The molecule has 0 radical (unpaired) electrons. The molecule has 21 heavy (non-hydrogen) atoms. The van der Waals surface area contributed by atoms with Crippen LogP contribution in [-0.2, 0) is 11.2 Å². The SMILES string of the molecule is Cc1ccc(OCC(=O)NCCc2sc(C)nc2C)cc1. The number of rotatable bonds is 6. The maximum Gasteiger partial charge on any atom is 0.257 e. The number of ether oxygens (including phenoxy) is 1. The Kier molecular flexibility index (Phi) is 5.33. The molecule has 0 saturated heterocycles. The van der Waals surface area contributed by atoms with Gasteiger partial charge >= 0.3 is 0 Å². The average Bonchev–Trinajstić information content (AvgIpc) is 2.76. The molecule has 0 spiro atoms. The first-order valence-corrected chi connectivity index (χ1v) is 7.75. The van der Waals surface area contributed by atoms with Crippen molar-refractivity contribution in [1.82, 2.24) is 10.3 Å². The molecule has 1 N–H and O–H groups in total. The van der Waals surface area contributed by atoms with Crippen LogP contribution in [0.1, 0.15) is 21.1 Å². The largest absolute Gasteiger partial charge is 0.484 e. The first kappa shape index (κ1) is 15.5. The van der Waals surface area contributed by atoms with Gasteiger partial charge < -0.3 is 10.1 Å². The summed E-state index contributed by atoms with van der Waals surface area (Å²) in [5, 5.41) is 3.93. The van der Waals surface area contributed by atoms with Gasteiger partial charge in [0.25, 0.3) is 5.91 Å². The van der Waals surface area contributed by atoms with E-state index in [9.17, 15) is 4.79 Å². The third kappa shape index (κ3) is 4.86. The molecule has 0 saturated carbocycles. The second-order valence-electron chi connectivity index (χ2n) is 4.94. The molecule has 0 bridgehead atoms. The lowest BCUT2D eigenvalue weighted by molar-refractivity contribution is -0.123. The summed E-state index contributed by atoms with van der Waals surface area (Å²) in [4.78, 5) is 17.3. The second-order valence-corrected chi connectivity index (χ2v) is 6.23. The zero-order chi connectivity index (χ0) is 15.2. The van der Waals surface area contributed by atoms with Gasteiger partial charge in [-0.15, -0.1) is 11.3 Å². The fourth-order valence-corrected chi connectivity index (χ4v) is 2.89. The standard InChI is InChI=1S/C16H20N2O2S/c1-11-4-6-14(7-5-11)20-10-16(19)17-9-8-15-12(2)18-13(3)21-15/h4-7H,8-10H2,1-3H3,(H,17,19). The van der Waals surface area contributed by atoms with E-state index in [1.807, 2.05) is 45.0 Å². The number of thiazole rings is 1. The first-order valence-electron chi connectivity index (χ1n) is 6.93. The van der Waals surface area contributed by atoms with Crippen molar-refractivity contribution >= 4 is 17.2 Å². The minimum absolute atomic E-state index is 0.0454. The summed E-state index contributed by atoms with van der Waals surface area (Å²) < 4.78 is 5.43. The normalized spacial score (nSPS) is 10.4. The number of benzene rings is 1. The van der Waals surface area contributed by atoms with Crippen LogP contribution in [0.3, 0.4) is 0 Å². The van der Waals surface area contributed by atoms with E-state index in [4.69, 9.17) is 4.74 Å². The van der Waals surface area contributed by atoms with E-state index in [0.29, 0.717) is 12.3 Å². The number of carbonyl (C=O) groups is 1. The quantitative estimate of drug-likeness (QED) is 0.893. The van der Waals surface area contributed by atoms with E-state index >= 15 is 0 Å². The van der Waals surface area contributed by atoms with Gasteiger partial charge in [0.2, 0.25) is 0 Å². The van der Waals surface area contributed by atoms with Gasteiger partial charge in [0.15, 0.2) is 6.61 Å². The molecule has 0 aliphatic rings. The number of aromatic nitrogens is 1. The van der Waals surface area contributed by atoms with Crippen molar-refractivity contribution in [2.75, 3.05) is 13.2 Å². The maximum atomic E-state index is 11.7. The predicted molar refractivity (Wildman–Crippen MR) is 85.0 cm³/mol. The highest BCUT2D eigenvalue weighted by Gasteiger charge is 2.06. The summed E-state index contributed by atoms with van der Waals surface area (Å²) in [5.74, 6) is 0.610. The van der Waals surface area contributed by atoms with E-state index < -0.39 is 0 Å². The lowest BCUT2D eigenvalue weighted by Gasteiger charge is -2.07. The molecule has 112 valence electrons. The number of nitrogens with zero attached hydrogens (tertiary/aromatic N) is 1. The summed E-state index contributed by atoms with van der Waals surface area (Å²) >= 11 is 1.68. The highest BCUT2D eigenvalue weighted by Crippen LogP contribution is 2.17. The molecule has 4 nitrogen and oxygen atoms in total. The average molecular weight is 304 g/mol. The molecule has 1 aromatic heterocycles. The monoisotopic (exact) mass is 304 g/mol. The summed E-state index contributed by atoms with van der Waals surface area (Å²) in [5.41, 5.74) is 2.23. The fraction of sp³-hybridized carbons (Fsp3) is 0.375. The van der Waals surface area contributed by atoms with Gasteiger partial charge in [0.1, 0.15) is 5.75 Å². The minimum Gasteiger partial charge on any atom is -0.484 e. The van der Waals surface area contributed by atoms with Gasteiger partial charge in [-0.3, -0.25) is 4.79 Å². The highest BCUT2D eigenvalue weighted by molar-refractivity contribution is 7.11. The smallest absolute Gasteiger partial charge is 0.257 e. The van der Waals surface area contributed by atoms with E-state index in [1.54, 1.807) is 11.3 Å². The Morgan fingerprint density at radius 3 is 2.57 bits per heavy atom.